The van der Waals surface area contributed by atoms with E-state index in [9.17, 15) is 25.0 Å². The van der Waals surface area contributed by atoms with Crippen LogP contribution in [0.5, 0.6) is 0 Å². The number of likely N-dealkylation sites (N-methyl/N-ethyl adjacent to an activating group) is 1. The second-order valence-electron chi connectivity index (χ2n) is 1.65. The molecule has 0 saturated heterocycles. The fraction of sp³-hybridized carbons (Fsp3) is 0.667. The van der Waals surface area contributed by atoms with Crippen LogP contribution in [-0.4, -0.2) is 34.7 Å². The maximum atomic E-state index is 10.5. The van der Waals surface area contributed by atoms with Crippen molar-refractivity contribution in [2.24, 2.45) is 0 Å². The molecular weight excluding hydrogens is 174 g/mol. The molecule has 0 rings (SSSR count). The Morgan fingerprint density at radius 1 is 1.50 bits per heavy atom. The molecule has 0 bridgehead atoms. The molecule has 12 heavy (non-hydrogen) atoms. The number of carbonyl (C=O) groups is 1. The monoisotopic (exact) mass is 179 g/mol. The molecule has 0 aliphatic heterocycles. The molecule has 1 amide bonds. The van der Waals surface area contributed by atoms with Crippen molar-refractivity contribution in [2.75, 3.05) is 13.7 Å². The van der Waals surface area contributed by atoms with Crippen LogP contribution in [0.15, 0.2) is 0 Å². The zero-order valence-corrected chi connectivity index (χ0v) is 6.00. The van der Waals surface area contributed by atoms with Crippen LogP contribution in [-0.2, 0) is 9.63 Å². The van der Waals surface area contributed by atoms with Gasteiger partial charge in [-0.15, -0.1) is 10.1 Å². The lowest BCUT2D eigenvalue weighted by Crippen LogP contribution is -2.35. The Kier molecular flexibility index (Phi) is 3.40. The average molecular weight is 179 g/mol. The van der Waals surface area contributed by atoms with E-state index < -0.39 is 22.6 Å². The van der Waals surface area contributed by atoms with E-state index in [1.807, 2.05) is 0 Å². The van der Waals surface area contributed by atoms with E-state index in [4.69, 9.17) is 0 Å². The molecule has 0 heterocycles. The fourth-order valence-electron chi connectivity index (χ4n) is 0.292. The van der Waals surface area contributed by atoms with Crippen molar-refractivity contribution in [1.29, 1.82) is 0 Å². The van der Waals surface area contributed by atoms with Crippen LogP contribution in [0.2, 0.25) is 0 Å². The highest BCUT2D eigenvalue weighted by molar-refractivity contribution is 5.75. The summed E-state index contributed by atoms with van der Waals surface area (Å²) in [4.78, 5) is 33.6. The van der Waals surface area contributed by atoms with Gasteiger partial charge < -0.3 is 4.84 Å². The van der Waals surface area contributed by atoms with Crippen LogP contribution in [0.1, 0.15) is 0 Å². The molecule has 0 saturated carbocycles. The summed E-state index contributed by atoms with van der Waals surface area (Å²) in [5, 5.41) is 17.3. The normalized spacial score (nSPS) is 8.75. The van der Waals surface area contributed by atoms with Crippen molar-refractivity contribution in [3.8, 4) is 0 Å². The minimum Gasteiger partial charge on any atom is -0.304 e. The lowest BCUT2D eigenvalue weighted by atomic mass is 10.6. The van der Waals surface area contributed by atoms with Gasteiger partial charge in [0.1, 0.15) is 0 Å². The zero-order valence-electron chi connectivity index (χ0n) is 6.00. The molecule has 0 fully saturated rings. The number of hydrogen-bond donors (Lipinski definition) is 0. The summed E-state index contributed by atoms with van der Waals surface area (Å²) in [7, 11) is 0.867. The van der Waals surface area contributed by atoms with Crippen molar-refractivity contribution in [3.63, 3.8) is 0 Å². The van der Waals surface area contributed by atoms with Gasteiger partial charge in [-0.05, 0) is 0 Å². The topological polar surface area (TPSA) is 116 Å². The molecule has 0 N–H and O–H groups in total. The van der Waals surface area contributed by atoms with E-state index in [1.165, 1.54) is 0 Å². The molecule has 0 unspecified atom stereocenters. The summed E-state index contributed by atoms with van der Waals surface area (Å²) in [6.07, 6.45) is 0. The van der Waals surface area contributed by atoms with Crippen LogP contribution in [0, 0.1) is 20.2 Å². The summed E-state index contributed by atoms with van der Waals surface area (Å²) >= 11 is 0. The van der Waals surface area contributed by atoms with E-state index in [-0.39, 0.29) is 5.01 Å². The Hall–Kier alpha value is -1.93. The first-order valence-electron chi connectivity index (χ1n) is 2.63. The maximum absolute atomic E-state index is 10.5. The van der Waals surface area contributed by atoms with Crippen LogP contribution in [0.25, 0.3) is 0 Å². The first kappa shape index (κ1) is 10.1. The molecule has 68 valence electrons. The number of hydrazine groups is 1. The minimum absolute atomic E-state index is 0.101. The molecule has 0 aliphatic rings. The molecule has 0 radical (unpaired) electrons. The summed E-state index contributed by atoms with van der Waals surface area (Å²) in [5.41, 5.74) is 0. The van der Waals surface area contributed by atoms with Crippen molar-refractivity contribution in [1.82, 2.24) is 5.01 Å². The van der Waals surface area contributed by atoms with Gasteiger partial charge in [0, 0.05) is 0 Å². The van der Waals surface area contributed by atoms with Crippen molar-refractivity contribution in [3.05, 3.63) is 20.2 Å². The summed E-state index contributed by atoms with van der Waals surface area (Å²) in [5.74, 6) is -1.10. The fourth-order valence-corrected chi connectivity index (χ4v) is 0.292. The Bertz CT molecular complexity index is 214. The quantitative estimate of drug-likeness (QED) is 0.397. The van der Waals surface area contributed by atoms with Crippen LogP contribution in [0.4, 0.5) is 0 Å². The van der Waals surface area contributed by atoms with E-state index in [2.05, 4.69) is 4.84 Å². The van der Waals surface area contributed by atoms with Crippen LogP contribution < -0.4 is 0 Å². The number of nitrogens with zero attached hydrogens (tertiary/aromatic N) is 3. The van der Waals surface area contributed by atoms with E-state index in [1.54, 1.807) is 0 Å². The summed E-state index contributed by atoms with van der Waals surface area (Å²) in [6, 6.07) is 0. The lowest BCUT2D eigenvalue weighted by molar-refractivity contribution is -0.755. The van der Waals surface area contributed by atoms with Crippen molar-refractivity contribution in [2.45, 2.75) is 0 Å². The molecule has 0 aromatic heterocycles. The molecule has 0 spiro atoms. The third-order valence-corrected chi connectivity index (χ3v) is 0.899. The Labute approximate surface area is 65.7 Å². The van der Waals surface area contributed by atoms with E-state index in [0.717, 1.165) is 7.05 Å². The zero-order chi connectivity index (χ0) is 9.72. The standard InChI is InChI=1S/C3H5N3O6/c1-4(5(8)9)3(7)2-12-6(10)11/h2H2,1H3. The Balaban J connectivity index is 3.88. The molecule has 9 heteroatoms. The first-order valence-corrected chi connectivity index (χ1v) is 2.63. The van der Waals surface area contributed by atoms with Gasteiger partial charge >= 0.3 is 5.91 Å². The molecule has 0 aliphatic carbocycles. The second kappa shape index (κ2) is 4.05. The highest BCUT2D eigenvalue weighted by atomic mass is 17.0. The van der Waals surface area contributed by atoms with Crippen molar-refractivity contribution >= 4 is 5.91 Å². The number of hydrogen-bond acceptors (Lipinski definition) is 6. The van der Waals surface area contributed by atoms with Gasteiger partial charge in [0.25, 0.3) is 5.09 Å². The molecular formula is C3H5N3O6. The largest absolute Gasteiger partial charge is 0.308 e. The van der Waals surface area contributed by atoms with Crippen LogP contribution in [0.3, 0.4) is 0 Å². The molecule has 0 atom stereocenters. The van der Waals surface area contributed by atoms with E-state index >= 15 is 0 Å². The summed E-state index contributed by atoms with van der Waals surface area (Å²) < 4.78 is 0. The number of carbonyl (C=O) groups excluding carboxylic acids is 1. The lowest BCUT2D eigenvalue weighted by Gasteiger charge is -2.04. The molecule has 9 nitrogen and oxygen atoms in total. The SMILES string of the molecule is CN(C(=O)CO[N+](=O)[O-])[N+](=O)[O-]. The number of rotatable bonds is 4. The summed E-state index contributed by atoms with van der Waals surface area (Å²) in [6.45, 7) is -0.954. The maximum Gasteiger partial charge on any atom is 0.308 e. The third-order valence-electron chi connectivity index (χ3n) is 0.899. The minimum atomic E-state index is -1.20. The van der Waals surface area contributed by atoms with Gasteiger partial charge in [0.05, 0.1) is 7.05 Å². The first-order chi connectivity index (χ1) is 5.45. The number of amides is 1. The molecule has 0 aromatic rings. The van der Waals surface area contributed by atoms with Gasteiger partial charge in [0.15, 0.2) is 11.6 Å². The second-order valence-corrected chi connectivity index (χ2v) is 1.65. The van der Waals surface area contributed by atoms with Gasteiger partial charge in [-0.3, -0.25) is 4.79 Å². The smallest absolute Gasteiger partial charge is 0.304 e. The third kappa shape index (κ3) is 3.29. The average Bonchev–Trinajstić information content (AvgIpc) is 1.98. The Morgan fingerprint density at radius 2 is 2.00 bits per heavy atom. The predicted molar refractivity (Wildman–Crippen MR) is 32.7 cm³/mol. The van der Waals surface area contributed by atoms with Gasteiger partial charge in [-0.25, -0.2) is 10.1 Å². The number of nitro groups is 1. The van der Waals surface area contributed by atoms with Gasteiger partial charge in [-0.1, -0.05) is 5.01 Å². The van der Waals surface area contributed by atoms with Gasteiger partial charge in [0.2, 0.25) is 0 Å². The predicted octanol–water partition coefficient (Wildman–Crippen LogP) is -1.16. The van der Waals surface area contributed by atoms with Gasteiger partial charge in [-0.2, -0.15) is 0 Å². The Morgan fingerprint density at radius 3 is 2.33 bits per heavy atom. The highest BCUT2D eigenvalue weighted by Gasteiger charge is 2.19. The van der Waals surface area contributed by atoms with Crippen LogP contribution >= 0.6 is 0 Å². The van der Waals surface area contributed by atoms with E-state index in [0.29, 0.717) is 0 Å². The van der Waals surface area contributed by atoms with Crippen molar-refractivity contribution < 1.29 is 19.8 Å². The molecule has 0 aromatic carbocycles. The highest BCUT2D eigenvalue weighted by Crippen LogP contribution is 1.86.